The Morgan fingerprint density at radius 3 is 2.64 bits per heavy atom. The fourth-order valence-electron chi connectivity index (χ4n) is 3.50. The Morgan fingerprint density at radius 2 is 1.89 bits per heavy atom. The lowest BCUT2D eigenvalue weighted by molar-refractivity contribution is 0.0628. The molecule has 0 N–H and O–H groups in total. The van der Waals surface area contributed by atoms with Gasteiger partial charge in [-0.15, -0.1) is 11.3 Å². The van der Waals surface area contributed by atoms with Crippen LogP contribution in [0.1, 0.15) is 20.9 Å². The number of rotatable bonds is 5. The highest BCUT2D eigenvalue weighted by atomic mass is 32.2. The Labute approximate surface area is 171 Å². The molecule has 0 bridgehead atoms. The molecule has 3 aromatic rings. The number of amides is 1. The third-order valence-electron chi connectivity index (χ3n) is 4.90. The summed E-state index contributed by atoms with van der Waals surface area (Å²) in [6.45, 7) is 3.96. The minimum Gasteiger partial charge on any atom is -0.336 e. The lowest BCUT2D eigenvalue weighted by Crippen LogP contribution is -2.48. The number of carbonyl (C=O) groups excluding carboxylic acids is 1. The number of hydrogen-bond donors (Lipinski definition) is 0. The molecule has 1 fully saturated rings. The molecule has 2 aromatic carbocycles. The van der Waals surface area contributed by atoms with Gasteiger partial charge in [0.15, 0.2) is 0 Å². The van der Waals surface area contributed by atoms with Gasteiger partial charge in [0.2, 0.25) is 0 Å². The average molecular weight is 414 g/mol. The van der Waals surface area contributed by atoms with E-state index in [1.54, 1.807) is 17.6 Å². The van der Waals surface area contributed by atoms with E-state index in [1.165, 1.54) is 4.70 Å². The molecule has 28 heavy (non-hydrogen) atoms. The van der Waals surface area contributed by atoms with Gasteiger partial charge in [0.1, 0.15) is 5.01 Å². The van der Waals surface area contributed by atoms with Crippen LogP contribution in [0, 0.1) is 0 Å². The highest BCUT2D eigenvalue weighted by Gasteiger charge is 2.23. The third-order valence-corrected chi connectivity index (χ3v) is 6.66. The van der Waals surface area contributed by atoms with E-state index < -0.39 is 10.8 Å². The predicted octanol–water partition coefficient (Wildman–Crippen LogP) is 3.13. The van der Waals surface area contributed by atoms with E-state index in [0.717, 1.165) is 35.7 Å². The molecule has 4 rings (SSSR count). The first kappa shape index (κ1) is 19.2. The van der Waals surface area contributed by atoms with E-state index in [-0.39, 0.29) is 5.91 Å². The van der Waals surface area contributed by atoms with Gasteiger partial charge >= 0.3 is 0 Å². The van der Waals surface area contributed by atoms with Crippen LogP contribution in [0.4, 0.5) is 0 Å². The first-order valence-corrected chi connectivity index (χ1v) is 11.9. The molecule has 0 aliphatic carbocycles. The molecule has 146 valence electrons. The Balaban J connectivity index is 1.35. The fraction of sp³-hybridized carbons (Fsp3) is 0.333. The number of para-hydroxylation sites is 1. The Hall–Kier alpha value is -2.09. The van der Waals surface area contributed by atoms with Crippen LogP contribution in [0.2, 0.25) is 0 Å². The zero-order valence-corrected chi connectivity index (χ0v) is 17.5. The van der Waals surface area contributed by atoms with Gasteiger partial charge in [0, 0.05) is 54.6 Å². The largest absolute Gasteiger partial charge is 0.336 e. The lowest BCUT2D eigenvalue weighted by Gasteiger charge is -2.34. The van der Waals surface area contributed by atoms with Crippen LogP contribution in [0.5, 0.6) is 0 Å². The molecule has 1 unspecified atom stereocenters. The number of aromatic nitrogens is 1. The molecule has 1 atom stereocenters. The van der Waals surface area contributed by atoms with Gasteiger partial charge in [0.25, 0.3) is 5.91 Å². The predicted molar refractivity (Wildman–Crippen MR) is 115 cm³/mol. The third kappa shape index (κ3) is 4.48. The summed E-state index contributed by atoms with van der Waals surface area (Å²) in [7, 11) is -0.910. The molecule has 1 aromatic heterocycles. The summed E-state index contributed by atoms with van der Waals surface area (Å²) in [5.74, 6) is 0.542. The van der Waals surface area contributed by atoms with Crippen LogP contribution in [0.25, 0.3) is 10.2 Å². The Morgan fingerprint density at radius 1 is 1.11 bits per heavy atom. The minimum absolute atomic E-state index is 0.0587. The van der Waals surface area contributed by atoms with Crippen molar-refractivity contribution < 1.29 is 9.00 Å². The van der Waals surface area contributed by atoms with E-state index in [9.17, 15) is 9.00 Å². The van der Waals surface area contributed by atoms with Crippen molar-refractivity contribution in [2.75, 3.05) is 32.4 Å². The number of hydrogen-bond acceptors (Lipinski definition) is 5. The molecule has 1 aliphatic rings. The van der Waals surface area contributed by atoms with Crippen LogP contribution in [0.3, 0.4) is 0 Å². The lowest BCUT2D eigenvalue weighted by atomic mass is 10.1. The van der Waals surface area contributed by atoms with Gasteiger partial charge in [-0.25, -0.2) is 4.98 Å². The molecule has 7 heteroatoms. The second-order valence-electron chi connectivity index (χ2n) is 7.06. The summed E-state index contributed by atoms with van der Waals surface area (Å²) < 4.78 is 12.7. The van der Waals surface area contributed by atoms with Gasteiger partial charge in [-0.05, 0) is 29.8 Å². The second-order valence-corrected chi connectivity index (χ2v) is 9.61. The summed E-state index contributed by atoms with van der Waals surface area (Å²) in [6.07, 6.45) is 1.68. The van der Waals surface area contributed by atoms with Gasteiger partial charge in [-0.2, -0.15) is 0 Å². The second kappa shape index (κ2) is 8.51. The van der Waals surface area contributed by atoms with Gasteiger partial charge < -0.3 is 4.90 Å². The first-order chi connectivity index (χ1) is 13.6. The SMILES string of the molecule is CS(=O)Cc1cccc(C(=O)N2CCN(Cc3nc4ccccc4s3)CC2)c1. The van der Waals surface area contributed by atoms with Crippen LogP contribution in [0.15, 0.2) is 48.5 Å². The summed E-state index contributed by atoms with van der Waals surface area (Å²) >= 11 is 1.74. The van der Waals surface area contributed by atoms with E-state index >= 15 is 0 Å². The topological polar surface area (TPSA) is 53.5 Å². The van der Waals surface area contributed by atoms with Gasteiger partial charge in [-0.3, -0.25) is 13.9 Å². The van der Waals surface area contributed by atoms with Gasteiger partial charge in [0.05, 0.1) is 16.8 Å². The quantitative estimate of drug-likeness (QED) is 0.645. The minimum atomic E-state index is -0.910. The number of carbonyl (C=O) groups is 1. The van der Waals surface area contributed by atoms with Crippen molar-refractivity contribution in [2.45, 2.75) is 12.3 Å². The molecule has 0 saturated carbocycles. The van der Waals surface area contributed by atoms with Crippen molar-refractivity contribution in [3.63, 3.8) is 0 Å². The molecule has 0 radical (unpaired) electrons. The standard InChI is InChI=1S/C21H23N3O2S2/c1-28(26)15-16-5-4-6-17(13-16)21(25)24-11-9-23(10-12-24)14-20-22-18-7-2-3-8-19(18)27-20/h2-8,13H,9-12,14-15H2,1H3. The van der Waals surface area contributed by atoms with E-state index in [1.807, 2.05) is 47.4 Å². The fourth-order valence-corrected chi connectivity index (χ4v) is 5.16. The molecule has 0 spiro atoms. The van der Waals surface area contributed by atoms with Crippen LogP contribution in [-0.2, 0) is 23.1 Å². The van der Waals surface area contributed by atoms with Crippen molar-refractivity contribution in [1.82, 2.24) is 14.8 Å². The maximum Gasteiger partial charge on any atom is 0.253 e. The maximum atomic E-state index is 12.8. The van der Waals surface area contributed by atoms with E-state index in [4.69, 9.17) is 4.98 Å². The molecule has 5 nitrogen and oxygen atoms in total. The van der Waals surface area contributed by atoms with Crippen molar-refractivity contribution in [3.05, 3.63) is 64.7 Å². The molecule has 1 amide bonds. The Bertz CT molecular complexity index is 977. The zero-order valence-electron chi connectivity index (χ0n) is 15.8. The smallest absolute Gasteiger partial charge is 0.253 e. The number of piperazine rings is 1. The molecular weight excluding hydrogens is 390 g/mol. The van der Waals surface area contributed by atoms with Crippen LogP contribution in [-0.4, -0.2) is 57.3 Å². The number of benzene rings is 2. The average Bonchev–Trinajstić information content (AvgIpc) is 3.10. The summed E-state index contributed by atoms with van der Waals surface area (Å²) in [6, 6.07) is 15.7. The summed E-state index contributed by atoms with van der Waals surface area (Å²) in [5.41, 5.74) is 2.69. The first-order valence-electron chi connectivity index (χ1n) is 9.33. The molecule has 2 heterocycles. The van der Waals surface area contributed by atoms with Crippen molar-refractivity contribution >= 4 is 38.3 Å². The highest BCUT2D eigenvalue weighted by molar-refractivity contribution is 7.83. The van der Waals surface area contributed by atoms with E-state index in [0.29, 0.717) is 24.4 Å². The normalized spacial score (nSPS) is 16.4. The monoisotopic (exact) mass is 413 g/mol. The summed E-state index contributed by atoms with van der Waals surface area (Å²) in [4.78, 5) is 21.8. The van der Waals surface area contributed by atoms with Crippen molar-refractivity contribution in [2.24, 2.45) is 0 Å². The van der Waals surface area contributed by atoms with Gasteiger partial charge in [-0.1, -0.05) is 24.3 Å². The van der Waals surface area contributed by atoms with Crippen molar-refractivity contribution in [3.8, 4) is 0 Å². The molecule has 1 aliphatic heterocycles. The Kier molecular flexibility index (Phi) is 5.85. The van der Waals surface area contributed by atoms with Crippen LogP contribution < -0.4 is 0 Å². The number of fused-ring (bicyclic) bond motifs is 1. The number of thiazole rings is 1. The van der Waals surface area contributed by atoms with Crippen LogP contribution >= 0.6 is 11.3 Å². The highest BCUT2D eigenvalue weighted by Crippen LogP contribution is 2.23. The van der Waals surface area contributed by atoms with Crippen molar-refractivity contribution in [1.29, 1.82) is 0 Å². The zero-order chi connectivity index (χ0) is 19.5. The summed E-state index contributed by atoms with van der Waals surface area (Å²) in [5, 5.41) is 1.13. The molecule has 1 saturated heterocycles. The number of nitrogens with zero attached hydrogens (tertiary/aromatic N) is 3. The van der Waals surface area contributed by atoms with E-state index in [2.05, 4.69) is 11.0 Å². The maximum absolute atomic E-state index is 12.8. The molecular formula is C21H23N3O2S2.